The molecule has 2 N–H and O–H groups in total. The number of aryl methyl sites for hydroxylation is 1. The molecule has 0 saturated carbocycles. The molecule has 8 heteroatoms. The first-order valence-electron chi connectivity index (χ1n) is 10.2. The lowest BCUT2D eigenvalue weighted by atomic mass is 10.2. The van der Waals surface area contributed by atoms with Gasteiger partial charge in [-0.3, -0.25) is 4.57 Å². The zero-order valence-corrected chi connectivity index (χ0v) is 17.7. The SMILES string of the molecule is C=C/C(O)=C\C=C(/C)CCNc1nc(-n2cnc3ccccc32)nc2c1ncn2CC. The van der Waals surface area contributed by atoms with Gasteiger partial charge in [0, 0.05) is 13.1 Å². The number of aliphatic hydroxyl groups excluding tert-OH is 1. The standard InChI is InChI=1S/C23H25N7O/c1-4-17(31)11-10-16(3)12-13-24-21-20-22(29(5-2)14-26-20)28-23(27-21)30-15-25-18-8-6-7-9-19(18)30/h4,6-11,14-15,31H,1,5,12-13H2,2-3H3,(H,24,27,28)/b16-10+,17-11+. The Bertz CT molecular complexity index is 1300. The lowest BCUT2D eigenvalue weighted by Crippen LogP contribution is -2.09. The Morgan fingerprint density at radius 3 is 2.81 bits per heavy atom. The second-order valence-electron chi connectivity index (χ2n) is 7.16. The van der Waals surface area contributed by atoms with Gasteiger partial charge in [-0.15, -0.1) is 0 Å². The maximum Gasteiger partial charge on any atom is 0.239 e. The minimum atomic E-state index is 0.145. The predicted octanol–water partition coefficient (Wildman–Crippen LogP) is 4.56. The van der Waals surface area contributed by atoms with Gasteiger partial charge in [0.2, 0.25) is 5.95 Å². The van der Waals surface area contributed by atoms with Crippen molar-refractivity contribution in [2.24, 2.45) is 0 Å². The first-order chi connectivity index (χ1) is 15.1. The second-order valence-corrected chi connectivity index (χ2v) is 7.16. The number of benzene rings is 1. The molecule has 0 aliphatic heterocycles. The van der Waals surface area contributed by atoms with Crippen molar-refractivity contribution in [1.29, 1.82) is 0 Å². The van der Waals surface area contributed by atoms with Gasteiger partial charge in [-0.05, 0) is 44.6 Å². The number of nitrogens with zero attached hydrogens (tertiary/aromatic N) is 6. The van der Waals surface area contributed by atoms with Crippen molar-refractivity contribution < 1.29 is 5.11 Å². The fourth-order valence-electron chi connectivity index (χ4n) is 3.27. The van der Waals surface area contributed by atoms with Crippen molar-refractivity contribution in [3.05, 3.63) is 73.1 Å². The largest absolute Gasteiger partial charge is 0.508 e. The van der Waals surface area contributed by atoms with Gasteiger partial charge in [0.25, 0.3) is 0 Å². The third kappa shape index (κ3) is 4.18. The lowest BCUT2D eigenvalue weighted by Gasteiger charge is -2.10. The first-order valence-corrected chi connectivity index (χ1v) is 10.2. The van der Waals surface area contributed by atoms with E-state index >= 15 is 0 Å². The summed E-state index contributed by atoms with van der Waals surface area (Å²) >= 11 is 0. The fourth-order valence-corrected chi connectivity index (χ4v) is 3.27. The van der Waals surface area contributed by atoms with Crippen LogP contribution in [0, 0.1) is 0 Å². The van der Waals surface area contributed by atoms with Crippen molar-refractivity contribution in [3.63, 3.8) is 0 Å². The summed E-state index contributed by atoms with van der Waals surface area (Å²) in [6.07, 6.45) is 9.23. The Labute approximate surface area is 180 Å². The molecule has 3 heterocycles. The molecule has 8 nitrogen and oxygen atoms in total. The van der Waals surface area contributed by atoms with Crippen molar-refractivity contribution in [2.45, 2.75) is 26.8 Å². The summed E-state index contributed by atoms with van der Waals surface area (Å²) in [7, 11) is 0. The number of anilines is 1. The molecule has 0 spiro atoms. The van der Waals surface area contributed by atoms with Crippen LogP contribution in [0.5, 0.6) is 0 Å². The van der Waals surface area contributed by atoms with E-state index in [0.29, 0.717) is 18.3 Å². The number of imidazole rings is 2. The molecular weight excluding hydrogens is 390 g/mol. The Balaban J connectivity index is 1.66. The predicted molar refractivity (Wildman–Crippen MR) is 123 cm³/mol. The molecular formula is C23H25N7O. The van der Waals surface area contributed by atoms with Crippen LogP contribution in [0.1, 0.15) is 20.3 Å². The summed E-state index contributed by atoms with van der Waals surface area (Å²) in [5, 5.41) is 12.9. The van der Waals surface area contributed by atoms with Crippen LogP contribution < -0.4 is 5.32 Å². The van der Waals surface area contributed by atoms with E-state index in [2.05, 4.69) is 28.8 Å². The third-order valence-electron chi connectivity index (χ3n) is 5.02. The summed E-state index contributed by atoms with van der Waals surface area (Å²) in [6.45, 7) is 9.04. The van der Waals surface area contributed by atoms with Gasteiger partial charge in [-0.2, -0.15) is 9.97 Å². The van der Waals surface area contributed by atoms with Crippen molar-refractivity contribution in [1.82, 2.24) is 29.1 Å². The molecule has 0 bridgehead atoms. The minimum absolute atomic E-state index is 0.145. The molecule has 3 aromatic heterocycles. The van der Waals surface area contributed by atoms with Gasteiger partial charge in [-0.1, -0.05) is 30.4 Å². The zero-order valence-electron chi connectivity index (χ0n) is 17.7. The molecule has 0 radical (unpaired) electrons. The summed E-state index contributed by atoms with van der Waals surface area (Å²) in [6, 6.07) is 7.90. The van der Waals surface area contributed by atoms with Gasteiger partial charge in [0.05, 0.1) is 17.4 Å². The first kappa shape index (κ1) is 20.3. The van der Waals surface area contributed by atoms with Crippen molar-refractivity contribution in [2.75, 3.05) is 11.9 Å². The van der Waals surface area contributed by atoms with E-state index in [1.807, 2.05) is 46.4 Å². The molecule has 4 rings (SSSR count). The summed E-state index contributed by atoms with van der Waals surface area (Å²) in [4.78, 5) is 18.5. The van der Waals surface area contributed by atoms with Crippen LogP contribution in [-0.2, 0) is 6.54 Å². The quantitative estimate of drug-likeness (QED) is 0.324. The lowest BCUT2D eigenvalue weighted by molar-refractivity contribution is 0.433. The number of aromatic nitrogens is 6. The van der Waals surface area contributed by atoms with Crippen molar-refractivity contribution in [3.8, 4) is 5.95 Å². The topological polar surface area (TPSA) is 93.7 Å². The number of hydrogen-bond acceptors (Lipinski definition) is 6. The van der Waals surface area contributed by atoms with Crippen molar-refractivity contribution >= 4 is 28.0 Å². The van der Waals surface area contributed by atoms with E-state index in [4.69, 9.17) is 9.97 Å². The average Bonchev–Trinajstić information content (AvgIpc) is 3.41. The highest BCUT2D eigenvalue weighted by molar-refractivity contribution is 5.84. The molecule has 1 aromatic carbocycles. The third-order valence-corrected chi connectivity index (χ3v) is 5.02. The van der Waals surface area contributed by atoms with Gasteiger partial charge < -0.3 is 15.0 Å². The highest BCUT2D eigenvalue weighted by atomic mass is 16.3. The molecule has 0 aliphatic carbocycles. The molecule has 4 aromatic rings. The Kier molecular flexibility index (Phi) is 5.79. The number of allylic oxidation sites excluding steroid dienone is 3. The number of hydrogen-bond donors (Lipinski definition) is 2. The normalized spacial score (nSPS) is 12.6. The smallest absolute Gasteiger partial charge is 0.239 e. The summed E-state index contributed by atoms with van der Waals surface area (Å²) in [5.74, 6) is 1.37. The highest BCUT2D eigenvalue weighted by Crippen LogP contribution is 2.23. The van der Waals surface area contributed by atoms with E-state index in [1.165, 1.54) is 6.08 Å². The Hall–Kier alpha value is -3.94. The van der Waals surface area contributed by atoms with E-state index in [0.717, 1.165) is 40.7 Å². The monoisotopic (exact) mass is 415 g/mol. The molecule has 0 amide bonds. The van der Waals surface area contributed by atoms with Gasteiger partial charge in [0.15, 0.2) is 17.0 Å². The number of fused-ring (bicyclic) bond motifs is 2. The van der Waals surface area contributed by atoms with Crippen LogP contribution in [0.25, 0.3) is 28.1 Å². The van der Waals surface area contributed by atoms with E-state index in [-0.39, 0.29) is 5.76 Å². The van der Waals surface area contributed by atoms with Gasteiger partial charge in [0.1, 0.15) is 12.1 Å². The molecule has 31 heavy (non-hydrogen) atoms. The molecule has 0 unspecified atom stereocenters. The summed E-state index contributed by atoms with van der Waals surface area (Å²) < 4.78 is 3.89. The van der Waals surface area contributed by atoms with Gasteiger partial charge >= 0.3 is 0 Å². The molecule has 0 fully saturated rings. The maximum atomic E-state index is 9.50. The van der Waals surface area contributed by atoms with Crippen LogP contribution in [-0.4, -0.2) is 40.7 Å². The Morgan fingerprint density at radius 2 is 2.00 bits per heavy atom. The number of para-hydroxylation sites is 2. The second kappa shape index (κ2) is 8.83. The Morgan fingerprint density at radius 1 is 1.16 bits per heavy atom. The summed E-state index contributed by atoms with van der Waals surface area (Å²) in [5.41, 5.74) is 4.47. The average molecular weight is 416 g/mol. The number of aliphatic hydroxyl groups is 1. The number of nitrogens with one attached hydrogen (secondary N) is 1. The molecule has 0 atom stereocenters. The van der Waals surface area contributed by atoms with Crippen LogP contribution in [0.15, 0.2) is 73.1 Å². The molecule has 0 aliphatic rings. The van der Waals surface area contributed by atoms with E-state index < -0.39 is 0 Å². The fraction of sp³-hybridized carbons (Fsp3) is 0.217. The van der Waals surface area contributed by atoms with E-state index in [1.54, 1.807) is 18.7 Å². The van der Waals surface area contributed by atoms with Crippen LogP contribution in [0.2, 0.25) is 0 Å². The van der Waals surface area contributed by atoms with Crippen LogP contribution in [0.3, 0.4) is 0 Å². The zero-order chi connectivity index (χ0) is 21.8. The number of rotatable bonds is 8. The minimum Gasteiger partial charge on any atom is -0.508 e. The maximum absolute atomic E-state index is 9.50. The van der Waals surface area contributed by atoms with E-state index in [9.17, 15) is 5.11 Å². The van der Waals surface area contributed by atoms with Crippen LogP contribution >= 0.6 is 0 Å². The highest BCUT2D eigenvalue weighted by Gasteiger charge is 2.15. The molecule has 0 saturated heterocycles. The van der Waals surface area contributed by atoms with Gasteiger partial charge in [-0.25, -0.2) is 9.97 Å². The molecule has 158 valence electrons. The van der Waals surface area contributed by atoms with Crippen LogP contribution in [0.4, 0.5) is 5.82 Å².